The van der Waals surface area contributed by atoms with Gasteiger partial charge in [-0.25, -0.2) is 0 Å². The smallest absolute Gasteiger partial charge is 0.268 e. The van der Waals surface area contributed by atoms with Crippen LogP contribution in [0.3, 0.4) is 0 Å². The Bertz CT molecular complexity index is 1080. The molecular formula is C19H14Cl2N4O2S. The van der Waals surface area contributed by atoms with Crippen LogP contribution in [0.2, 0.25) is 10.0 Å². The number of nitrogens with zero attached hydrogens (tertiary/aromatic N) is 3. The highest BCUT2D eigenvalue weighted by atomic mass is 35.5. The molecule has 0 atom stereocenters. The van der Waals surface area contributed by atoms with E-state index < -0.39 is 5.91 Å². The number of aryl methyl sites for hydroxylation is 1. The molecular weight excluding hydrogens is 419 g/mol. The first-order valence-corrected chi connectivity index (χ1v) is 9.88. The third kappa shape index (κ3) is 4.78. The third-order valence-electron chi connectivity index (χ3n) is 3.63. The summed E-state index contributed by atoms with van der Waals surface area (Å²) in [6, 6.07) is 10.3. The number of anilines is 1. The Balaban J connectivity index is 1.77. The molecule has 0 saturated carbocycles. The minimum Gasteiger partial charge on any atom is -0.457 e. The van der Waals surface area contributed by atoms with E-state index in [1.165, 1.54) is 17.4 Å². The molecule has 0 spiro atoms. The van der Waals surface area contributed by atoms with Gasteiger partial charge in [-0.15, -0.1) is 10.2 Å². The molecule has 6 nitrogen and oxygen atoms in total. The molecule has 28 heavy (non-hydrogen) atoms. The largest absolute Gasteiger partial charge is 0.457 e. The number of halogens is 2. The highest BCUT2D eigenvalue weighted by Crippen LogP contribution is 2.32. The molecule has 0 saturated heterocycles. The van der Waals surface area contributed by atoms with Crippen LogP contribution in [0.5, 0.6) is 0 Å². The molecule has 2 aromatic heterocycles. The predicted octanol–water partition coefficient (Wildman–Crippen LogP) is 5.60. The van der Waals surface area contributed by atoms with Crippen molar-refractivity contribution in [1.29, 1.82) is 5.26 Å². The molecule has 0 fully saturated rings. The minimum absolute atomic E-state index is 0.115. The third-order valence-corrected chi connectivity index (χ3v) is 5.07. The lowest BCUT2D eigenvalue weighted by Gasteiger charge is -2.01. The van der Waals surface area contributed by atoms with E-state index in [0.717, 1.165) is 17.8 Å². The van der Waals surface area contributed by atoms with E-state index in [4.69, 9.17) is 27.6 Å². The Morgan fingerprint density at radius 2 is 2.14 bits per heavy atom. The van der Waals surface area contributed by atoms with Gasteiger partial charge in [-0.1, -0.05) is 41.5 Å². The Labute approximate surface area is 175 Å². The maximum atomic E-state index is 12.3. The number of nitrogens with one attached hydrogen (secondary N) is 1. The van der Waals surface area contributed by atoms with E-state index >= 15 is 0 Å². The normalized spacial score (nSPS) is 11.3. The second-order valence-corrected chi connectivity index (χ2v) is 7.61. The van der Waals surface area contributed by atoms with Crippen LogP contribution in [0.15, 0.2) is 40.3 Å². The molecule has 142 valence electrons. The van der Waals surface area contributed by atoms with Gasteiger partial charge in [0.1, 0.15) is 28.2 Å². The molecule has 0 aliphatic carbocycles. The van der Waals surface area contributed by atoms with Crippen LogP contribution in [-0.2, 0) is 11.2 Å². The van der Waals surface area contributed by atoms with Crippen molar-refractivity contribution in [1.82, 2.24) is 10.2 Å². The molecule has 1 aromatic carbocycles. The number of furan rings is 1. The summed E-state index contributed by atoms with van der Waals surface area (Å²) in [6.45, 7) is 2.03. The number of hydrogen-bond donors (Lipinski definition) is 1. The second-order valence-electron chi connectivity index (χ2n) is 5.70. The van der Waals surface area contributed by atoms with Crippen LogP contribution in [0, 0.1) is 11.3 Å². The predicted molar refractivity (Wildman–Crippen MR) is 110 cm³/mol. The number of nitriles is 1. The summed E-state index contributed by atoms with van der Waals surface area (Å²) in [5, 5.41) is 22.0. The summed E-state index contributed by atoms with van der Waals surface area (Å²) in [6.07, 6.45) is 3.08. The average molecular weight is 433 g/mol. The van der Waals surface area contributed by atoms with E-state index in [1.807, 2.05) is 13.0 Å². The van der Waals surface area contributed by atoms with Crippen LogP contribution in [0.4, 0.5) is 5.13 Å². The number of amides is 1. The summed E-state index contributed by atoms with van der Waals surface area (Å²) in [7, 11) is 0. The number of benzene rings is 1. The highest BCUT2D eigenvalue weighted by molar-refractivity contribution is 7.15. The Kier molecular flexibility index (Phi) is 6.47. The lowest BCUT2D eigenvalue weighted by atomic mass is 10.2. The quantitative estimate of drug-likeness (QED) is 0.403. The van der Waals surface area contributed by atoms with E-state index in [1.54, 1.807) is 30.3 Å². The van der Waals surface area contributed by atoms with Crippen LogP contribution in [-0.4, -0.2) is 16.1 Å². The van der Waals surface area contributed by atoms with Gasteiger partial charge in [0.25, 0.3) is 5.91 Å². The first-order valence-electron chi connectivity index (χ1n) is 8.31. The molecule has 9 heteroatoms. The first kappa shape index (κ1) is 20.1. The highest BCUT2D eigenvalue weighted by Gasteiger charge is 2.14. The molecule has 0 aliphatic heterocycles. The summed E-state index contributed by atoms with van der Waals surface area (Å²) in [5.74, 6) is 0.264. The summed E-state index contributed by atoms with van der Waals surface area (Å²) in [4.78, 5) is 12.3. The van der Waals surface area contributed by atoms with Gasteiger partial charge in [-0.3, -0.25) is 10.1 Å². The van der Waals surface area contributed by atoms with Crippen molar-refractivity contribution in [3.8, 4) is 17.4 Å². The van der Waals surface area contributed by atoms with Gasteiger partial charge in [0.2, 0.25) is 5.13 Å². The van der Waals surface area contributed by atoms with Gasteiger partial charge in [0.05, 0.1) is 5.02 Å². The zero-order valence-electron chi connectivity index (χ0n) is 14.7. The molecule has 2 heterocycles. The lowest BCUT2D eigenvalue weighted by Crippen LogP contribution is -2.13. The molecule has 3 rings (SSSR count). The number of rotatable bonds is 6. The van der Waals surface area contributed by atoms with Gasteiger partial charge < -0.3 is 4.42 Å². The molecule has 1 N–H and O–H groups in total. The molecule has 0 aliphatic rings. The van der Waals surface area contributed by atoms with Crippen LogP contribution in [0.1, 0.15) is 24.1 Å². The van der Waals surface area contributed by atoms with Gasteiger partial charge in [-0.2, -0.15) is 5.26 Å². The number of carbonyl (C=O) groups is 1. The molecule has 0 bridgehead atoms. The molecule has 1 amide bonds. The molecule has 3 aromatic rings. The Morgan fingerprint density at radius 1 is 1.32 bits per heavy atom. The zero-order valence-corrected chi connectivity index (χ0v) is 17.0. The minimum atomic E-state index is -0.579. The van der Waals surface area contributed by atoms with E-state index in [0.29, 0.717) is 32.3 Å². The Morgan fingerprint density at radius 3 is 2.86 bits per heavy atom. The number of aromatic nitrogens is 2. The molecule has 0 unspecified atom stereocenters. The van der Waals surface area contributed by atoms with Crippen LogP contribution in [0.25, 0.3) is 17.4 Å². The first-order chi connectivity index (χ1) is 13.5. The van der Waals surface area contributed by atoms with Crippen LogP contribution >= 0.6 is 34.5 Å². The molecule has 0 radical (unpaired) electrons. The van der Waals surface area contributed by atoms with Crippen molar-refractivity contribution in [2.24, 2.45) is 0 Å². The maximum Gasteiger partial charge on any atom is 0.268 e. The SMILES string of the molecule is CCCc1nnc(NC(=O)/C(C#N)=C\c2ccc(-c3ccc(Cl)cc3Cl)o2)s1. The van der Waals surface area contributed by atoms with Gasteiger partial charge in [0.15, 0.2) is 0 Å². The fourth-order valence-electron chi connectivity index (χ4n) is 2.34. The van der Waals surface area contributed by atoms with E-state index in [-0.39, 0.29) is 5.57 Å². The van der Waals surface area contributed by atoms with Crippen LogP contribution < -0.4 is 5.32 Å². The zero-order chi connectivity index (χ0) is 20.1. The summed E-state index contributed by atoms with van der Waals surface area (Å²) < 4.78 is 5.70. The van der Waals surface area contributed by atoms with E-state index in [9.17, 15) is 10.1 Å². The lowest BCUT2D eigenvalue weighted by molar-refractivity contribution is -0.112. The number of carbonyl (C=O) groups excluding carboxylic acids is 1. The van der Waals surface area contributed by atoms with Crippen molar-refractivity contribution in [2.75, 3.05) is 5.32 Å². The monoisotopic (exact) mass is 432 g/mol. The van der Waals surface area contributed by atoms with Gasteiger partial charge in [0, 0.05) is 23.1 Å². The second kappa shape index (κ2) is 9.02. The van der Waals surface area contributed by atoms with Gasteiger partial charge in [-0.05, 0) is 36.8 Å². The standard InChI is InChI=1S/C19H14Cl2N4O2S/c1-2-3-17-24-25-19(28-17)23-18(26)11(10-22)8-13-5-7-16(27-13)14-6-4-12(20)9-15(14)21/h4-9H,2-3H2,1H3,(H,23,25,26)/b11-8-. The van der Waals surface area contributed by atoms with E-state index in [2.05, 4.69) is 15.5 Å². The maximum absolute atomic E-state index is 12.3. The number of hydrogen-bond acceptors (Lipinski definition) is 6. The topological polar surface area (TPSA) is 91.8 Å². The fourth-order valence-corrected chi connectivity index (χ4v) is 3.68. The van der Waals surface area contributed by atoms with Crippen molar-refractivity contribution in [2.45, 2.75) is 19.8 Å². The van der Waals surface area contributed by atoms with Crippen molar-refractivity contribution >= 4 is 51.7 Å². The Hall–Kier alpha value is -2.66. The summed E-state index contributed by atoms with van der Waals surface area (Å²) >= 11 is 13.4. The average Bonchev–Trinajstić information content (AvgIpc) is 3.29. The van der Waals surface area contributed by atoms with Crippen molar-refractivity contribution < 1.29 is 9.21 Å². The van der Waals surface area contributed by atoms with Crippen molar-refractivity contribution in [3.63, 3.8) is 0 Å². The van der Waals surface area contributed by atoms with Crippen molar-refractivity contribution in [3.05, 3.63) is 56.7 Å². The fraction of sp³-hybridized carbons (Fsp3) is 0.158. The summed E-state index contributed by atoms with van der Waals surface area (Å²) in [5.41, 5.74) is 0.543. The van der Waals surface area contributed by atoms with Gasteiger partial charge >= 0.3 is 0 Å².